The van der Waals surface area contributed by atoms with E-state index in [1.54, 1.807) is 24.5 Å². The van der Waals surface area contributed by atoms with Crippen molar-refractivity contribution in [1.82, 2.24) is 15.5 Å². The number of phenols is 1. The van der Waals surface area contributed by atoms with E-state index in [1.807, 2.05) is 19.1 Å². The third kappa shape index (κ3) is 4.00. The van der Waals surface area contributed by atoms with E-state index >= 15 is 0 Å². The summed E-state index contributed by atoms with van der Waals surface area (Å²) in [5.74, 6) is 0.292. The fraction of sp³-hybridized carbons (Fsp3) is 0.429. The molecule has 20 heavy (non-hydrogen) atoms. The number of hydrogen-bond acceptors (Lipinski definition) is 6. The van der Waals surface area contributed by atoms with E-state index in [-0.39, 0.29) is 0 Å². The maximum Gasteiger partial charge on any atom is 0.147 e. The second-order valence-corrected chi connectivity index (χ2v) is 5.56. The zero-order valence-corrected chi connectivity index (χ0v) is 12.5. The quantitative estimate of drug-likeness (QED) is 0.764. The van der Waals surface area contributed by atoms with Crippen molar-refractivity contribution >= 4 is 11.3 Å². The maximum atomic E-state index is 9.73. The number of phenolic OH excluding ortho intramolecular Hbond substituents is 1. The Morgan fingerprint density at radius 2 is 2.15 bits per heavy atom. The number of hydrogen-bond donors (Lipinski definition) is 2. The molecule has 0 aliphatic rings. The second kappa shape index (κ2) is 7.33. The molecule has 2 rings (SSSR count). The van der Waals surface area contributed by atoms with Crippen LogP contribution < -0.4 is 5.32 Å². The summed E-state index contributed by atoms with van der Waals surface area (Å²) in [4.78, 5) is 0. The standard InChI is InChI=1S/C14H19N3O2S/c1-10-3-4-11(9-12(10)18)14-17-16-13(20-14)5-6-15-7-8-19-2/h3-4,9,15,18H,5-8H2,1-2H3. The first-order valence-electron chi connectivity index (χ1n) is 6.52. The maximum absolute atomic E-state index is 9.73. The lowest BCUT2D eigenvalue weighted by atomic mass is 10.1. The molecule has 0 aliphatic carbocycles. The van der Waals surface area contributed by atoms with Crippen LogP contribution in [-0.4, -0.2) is 42.1 Å². The minimum absolute atomic E-state index is 0.292. The molecule has 1 aromatic carbocycles. The number of aryl methyl sites for hydroxylation is 1. The van der Waals surface area contributed by atoms with E-state index < -0.39 is 0 Å². The molecule has 2 aromatic rings. The van der Waals surface area contributed by atoms with E-state index in [1.165, 1.54) is 0 Å². The highest BCUT2D eigenvalue weighted by molar-refractivity contribution is 7.14. The summed E-state index contributed by atoms with van der Waals surface area (Å²) in [5, 5.41) is 23.2. The lowest BCUT2D eigenvalue weighted by Gasteiger charge is -2.01. The topological polar surface area (TPSA) is 67.3 Å². The van der Waals surface area contributed by atoms with Crippen LogP contribution in [0.4, 0.5) is 0 Å². The molecule has 1 heterocycles. The van der Waals surface area contributed by atoms with Gasteiger partial charge in [0.05, 0.1) is 6.61 Å². The summed E-state index contributed by atoms with van der Waals surface area (Å²) < 4.78 is 4.97. The van der Waals surface area contributed by atoms with E-state index in [0.29, 0.717) is 12.4 Å². The van der Waals surface area contributed by atoms with Crippen LogP contribution >= 0.6 is 11.3 Å². The Bertz CT molecular complexity index is 557. The Morgan fingerprint density at radius 3 is 2.90 bits per heavy atom. The molecule has 0 radical (unpaired) electrons. The van der Waals surface area contributed by atoms with Crippen molar-refractivity contribution in [2.24, 2.45) is 0 Å². The van der Waals surface area contributed by atoms with Crippen molar-refractivity contribution in [3.05, 3.63) is 28.8 Å². The van der Waals surface area contributed by atoms with Crippen LogP contribution in [0.2, 0.25) is 0 Å². The molecule has 0 bridgehead atoms. The van der Waals surface area contributed by atoms with Gasteiger partial charge < -0.3 is 15.2 Å². The van der Waals surface area contributed by atoms with Gasteiger partial charge in [-0.2, -0.15) is 0 Å². The second-order valence-electron chi connectivity index (χ2n) is 4.50. The molecule has 1 aromatic heterocycles. The molecule has 0 aliphatic heterocycles. The Morgan fingerprint density at radius 1 is 1.30 bits per heavy atom. The van der Waals surface area contributed by atoms with Crippen LogP contribution in [0.15, 0.2) is 18.2 Å². The lowest BCUT2D eigenvalue weighted by Crippen LogP contribution is -2.21. The Hall–Kier alpha value is -1.50. The zero-order chi connectivity index (χ0) is 14.4. The molecule has 5 nitrogen and oxygen atoms in total. The predicted octanol–water partition coefficient (Wildman–Crippen LogP) is 2.00. The number of nitrogens with zero attached hydrogens (tertiary/aromatic N) is 2. The van der Waals surface area contributed by atoms with E-state index in [2.05, 4.69) is 15.5 Å². The van der Waals surface area contributed by atoms with Gasteiger partial charge in [0, 0.05) is 32.2 Å². The Balaban J connectivity index is 1.93. The number of rotatable bonds is 7. The van der Waals surface area contributed by atoms with Gasteiger partial charge in [-0.25, -0.2) is 0 Å². The summed E-state index contributed by atoms with van der Waals surface area (Å²) in [6.45, 7) is 4.28. The van der Waals surface area contributed by atoms with Crippen molar-refractivity contribution in [1.29, 1.82) is 0 Å². The molecule has 0 atom stereocenters. The van der Waals surface area contributed by atoms with Gasteiger partial charge in [-0.3, -0.25) is 0 Å². The average Bonchev–Trinajstić information content (AvgIpc) is 2.90. The fourth-order valence-electron chi connectivity index (χ4n) is 1.71. The van der Waals surface area contributed by atoms with E-state index in [9.17, 15) is 5.11 Å². The van der Waals surface area contributed by atoms with Crippen molar-refractivity contribution in [2.75, 3.05) is 26.8 Å². The van der Waals surface area contributed by atoms with Gasteiger partial charge in [-0.1, -0.05) is 23.5 Å². The summed E-state index contributed by atoms with van der Waals surface area (Å²) >= 11 is 1.56. The number of benzene rings is 1. The molecular weight excluding hydrogens is 274 g/mol. The van der Waals surface area contributed by atoms with Gasteiger partial charge in [-0.15, -0.1) is 10.2 Å². The average molecular weight is 293 g/mol. The Labute approximate surface area is 122 Å². The number of nitrogens with one attached hydrogen (secondary N) is 1. The van der Waals surface area contributed by atoms with Gasteiger partial charge in [0.25, 0.3) is 0 Å². The Kier molecular flexibility index (Phi) is 5.46. The molecule has 0 spiro atoms. The molecule has 108 valence electrons. The van der Waals surface area contributed by atoms with Crippen LogP contribution in [0.1, 0.15) is 10.6 Å². The van der Waals surface area contributed by atoms with Gasteiger partial charge in [-0.05, 0) is 18.6 Å². The van der Waals surface area contributed by atoms with Gasteiger partial charge in [0.15, 0.2) is 0 Å². The monoisotopic (exact) mass is 293 g/mol. The van der Waals surface area contributed by atoms with Gasteiger partial charge in [0.1, 0.15) is 15.8 Å². The highest BCUT2D eigenvalue weighted by Crippen LogP contribution is 2.28. The highest BCUT2D eigenvalue weighted by Gasteiger charge is 2.08. The summed E-state index contributed by atoms with van der Waals surface area (Å²) in [7, 11) is 1.69. The summed E-state index contributed by atoms with van der Waals surface area (Å²) in [6.07, 6.45) is 0.846. The number of methoxy groups -OCH3 is 1. The minimum Gasteiger partial charge on any atom is -0.508 e. The largest absolute Gasteiger partial charge is 0.508 e. The van der Waals surface area contributed by atoms with Crippen molar-refractivity contribution in [2.45, 2.75) is 13.3 Å². The molecule has 0 saturated carbocycles. The predicted molar refractivity (Wildman–Crippen MR) is 80.2 cm³/mol. The first-order chi connectivity index (χ1) is 9.70. The zero-order valence-electron chi connectivity index (χ0n) is 11.7. The fourth-order valence-corrected chi connectivity index (χ4v) is 2.54. The lowest BCUT2D eigenvalue weighted by molar-refractivity contribution is 0.199. The van der Waals surface area contributed by atoms with Gasteiger partial charge in [0.2, 0.25) is 0 Å². The van der Waals surface area contributed by atoms with Crippen LogP contribution in [-0.2, 0) is 11.2 Å². The highest BCUT2D eigenvalue weighted by atomic mass is 32.1. The van der Waals surface area contributed by atoms with Crippen LogP contribution in [0.5, 0.6) is 5.75 Å². The summed E-state index contributed by atoms with van der Waals surface area (Å²) in [6, 6.07) is 5.57. The molecule has 2 N–H and O–H groups in total. The minimum atomic E-state index is 0.292. The van der Waals surface area contributed by atoms with Crippen molar-refractivity contribution < 1.29 is 9.84 Å². The SMILES string of the molecule is COCCNCCc1nnc(-c2ccc(C)c(O)c2)s1. The van der Waals surface area contributed by atoms with Gasteiger partial charge >= 0.3 is 0 Å². The third-order valence-electron chi connectivity index (χ3n) is 2.92. The number of ether oxygens (including phenoxy) is 1. The molecule has 0 amide bonds. The molecule has 0 fully saturated rings. The van der Waals surface area contributed by atoms with Crippen LogP contribution in [0.25, 0.3) is 10.6 Å². The number of aromatic nitrogens is 2. The summed E-state index contributed by atoms with van der Waals surface area (Å²) in [5.41, 5.74) is 1.77. The normalized spacial score (nSPS) is 10.9. The molecule has 0 unspecified atom stereocenters. The van der Waals surface area contributed by atoms with E-state index in [0.717, 1.165) is 40.7 Å². The smallest absolute Gasteiger partial charge is 0.147 e. The van der Waals surface area contributed by atoms with Crippen molar-refractivity contribution in [3.8, 4) is 16.3 Å². The first-order valence-corrected chi connectivity index (χ1v) is 7.34. The first kappa shape index (κ1) is 14.9. The molecule has 0 saturated heterocycles. The molecule has 6 heteroatoms. The van der Waals surface area contributed by atoms with Crippen LogP contribution in [0, 0.1) is 6.92 Å². The number of aromatic hydroxyl groups is 1. The molecular formula is C14H19N3O2S. The third-order valence-corrected chi connectivity index (χ3v) is 3.95. The van der Waals surface area contributed by atoms with Crippen molar-refractivity contribution in [3.63, 3.8) is 0 Å². The van der Waals surface area contributed by atoms with Crippen LogP contribution in [0.3, 0.4) is 0 Å². The van der Waals surface area contributed by atoms with E-state index in [4.69, 9.17) is 4.74 Å².